The zero-order valence-electron chi connectivity index (χ0n) is 11.3. The van der Waals surface area contributed by atoms with Crippen LogP contribution in [0.25, 0.3) is 0 Å². The van der Waals surface area contributed by atoms with Crippen LogP contribution >= 0.6 is 15.9 Å². The number of ether oxygens (including phenoxy) is 1. The molecule has 0 saturated heterocycles. The molecule has 4 heteroatoms. The van der Waals surface area contributed by atoms with Crippen molar-refractivity contribution in [3.63, 3.8) is 0 Å². The molecule has 1 unspecified atom stereocenters. The molecule has 1 atom stereocenters. The quantitative estimate of drug-likeness (QED) is 0.901. The van der Waals surface area contributed by atoms with Crippen LogP contribution in [-0.4, -0.2) is 19.1 Å². The minimum Gasteiger partial charge on any atom is -0.496 e. The molecule has 0 aliphatic rings. The van der Waals surface area contributed by atoms with E-state index in [-0.39, 0.29) is 11.9 Å². The van der Waals surface area contributed by atoms with Gasteiger partial charge in [0.25, 0.3) is 5.91 Å². The van der Waals surface area contributed by atoms with E-state index in [1.54, 1.807) is 25.3 Å². The van der Waals surface area contributed by atoms with Crippen molar-refractivity contribution in [2.24, 2.45) is 5.92 Å². The Bertz CT molecular complexity index is 418. The fraction of sp³-hybridized carbons (Fsp3) is 0.500. The van der Waals surface area contributed by atoms with E-state index in [9.17, 15) is 4.79 Å². The van der Waals surface area contributed by atoms with E-state index >= 15 is 0 Å². The van der Waals surface area contributed by atoms with Gasteiger partial charge in [0.1, 0.15) is 5.75 Å². The number of hydrogen-bond acceptors (Lipinski definition) is 2. The number of halogens is 1. The fourth-order valence-corrected chi connectivity index (χ4v) is 2.42. The van der Waals surface area contributed by atoms with Gasteiger partial charge >= 0.3 is 0 Å². The molecule has 0 aliphatic carbocycles. The van der Waals surface area contributed by atoms with Crippen LogP contribution < -0.4 is 10.1 Å². The first kappa shape index (κ1) is 15.0. The van der Waals surface area contributed by atoms with E-state index in [4.69, 9.17) is 4.74 Å². The van der Waals surface area contributed by atoms with Gasteiger partial charge in [-0.05, 0) is 53.4 Å². The van der Waals surface area contributed by atoms with Crippen LogP contribution in [0.2, 0.25) is 0 Å². The molecule has 0 saturated carbocycles. The van der Waals surface area contributed by atoms with Gasteiger partial charge in [0.2, 0.25) is 0 Å². The van der Waals surface area contributed by atoms with E-state index in [2.05, 4.69) is 35.1 Å². The molecule has 0 aliphatic heterocycles. The van der Waals surface area contributed by atoms with Gasteiger partial charge < -0.3 is 10.1 Å². The maximum Gasteiger partial charge on any atom is 0.251 e. The maximum absolute atomic E-state index is 12.0. The summed E-state index contributed by atoms with van der Waals surface area (Å²) in [5, 5.41) is 2.99. The van der Waals surface area contributed by atoms with Crippen LogP contribution in [0.4, 0.5) is 0 Å². The molecule has 1 aromatic carbocycles. The Morgan fingerprint density at radius 1 is 1.39 bits per heavy atom. The summed E-state index contributed by atoms with van der Waals surface area (Å²) in [6, 6.07) is 5.50. The Hall–Kier alpha value is -1.03. The molecule has 3 nitrogen and oxygen atoms in total. The van der Waals surface area contributed by atoms with Crippen molar-refractivity contribution in [2.45, 2.75) is 33.2 Å². The lowest BCUT2D eigenvalue weighted by Crippen LogP contribution is -2.33. The first-order chi connectivity index (χ1) is 8.43. The molecule has 0 spiro atoms. The molecule has 0 aromatic heterocycles. The predicted octanol–water partition coefficient (Wildman–Crippen LogP) is 3.62. The standard InChI is InChI=1S/C14H20BrNO2/c1-9(2)7-10(3)16-14(17)11-5-6-13(18-4)12(15)8-11/h5-6,8-10H,7H2,1-4H3,(H,16,17). The highest BCUT2D eigenvalue weighted by atomic mass is 79.9. The molecule has 0 bridgehead atoms. The average Bonchev–Trinajstić information content (AvgIpc) is 2.27. The van der Waals surface area contributed by atoms with Crippen LogP contribution in [0.1, 0.15) is 37.6 Å². The van der Waals surface area contributed by atoms with Gasteiger partial charge in [-0.25, -0.2) is 0 Å². The van der Waals surface area contributed by atoms with Crippen molar-refractivity contribution < 1.29 is 9.53 Å². The van der Waals surface area contributed by atoms with Crippen molar-refractivity contribution in [3.05, 3.63) is 28.2 Å². The van der Waals surface area contributed by atoms with Crippen LogP contribution in [0.5, 0.6) is 5.75 Å². The Morgan fingerprint density at radius 2 is 2.06 bits per heavy atom. The monoisotopic (exact) mass is 313 g/mol. The summed E-state index contributed by atoms with van der Waals surface area (Å²) in [7, 11) is 1.60. The molecule has 18 heavy (non-hydrogen) atoms. The van der Waals surface area contributed by atoms with Gasteiger partial charge in [0.15, 0.2) is 0 Å². The molecule has 100 valence electrons. The third kappa shape index (κ3) is 4.33. The van der Waals surface area contributed by atoms with Gasteiger partial charge in [-0.3, -0.25) is 4.79 Å². The lowest BCUT2D eigenvalue weighted by atomic mass is 10.0. The number of nitrogens with one attached hydrogen (secondary N) is 1. The first-order valence-electron chi connectivity index (χ1n) is 6.08. The Kier molecular flexibility index (Phi) is 5.66. The molecule has 1 rings (SSSR count). The maximum atomic E-state index is 12.0. The largest absolute Gasteiger partial charge is 0.496 e. The summed E-state index contributed by atoms with van der Waals surface area (Å²) < 4.78 is 5.92. The zero-order chi connectivity index (χ0) is 13.7. The summed E-state index contributed by atoms with van der Waals surface area (Å²) in [4.78, 5) is 12.0. The number of carbonyl (C=O) groups excluding carboxylic acids is 1. The summed E-state index contributed by atoms with van der Waals surface area (Å²) in [6.45, 7) is 6.32. The highest BCUT2D eigenvalue weighted by molar-refractivity contribution is 9.10. The van der Waals surface area contributed by atoms with E-state index < -0.39 is 0 Å². The van der Waals surface area contributed by atoms with Crippen molar-refractivity contribution >= 4 is 21.8 Å². The minimum atomic E-state index is -0.0495. The lowest BCUT2D eigenvalue weighted by molar-refractivity contribution is 0.0936. The van der Waals surface area contributed by atoms with Crippen molar-refractivity contribution in [2.75, 3.05) is 7.11 Å². The van der Waals surface area contributed by atoms with E-state index in [1.807, 2.05) is 6.92 Å². The molecule has 0 heterocycles. The lowest BCUT2D eigenvalue weighted by Gasteiger charge is -2.16. The van der Waals surface area contributed by atoms with E-state index in [0.717, 1.165) is 16.6 Å². The van der Waals surface area contributed by atoms with Gasteiger partial charge in [-0.2, -0.15) is 0 Å². The normalized spacial score (nSPS) is 12.3. The first-order valence-corrected chi connectivity index (χ1v) is 6.87. The molecule has 0 fully saturated rings. The Morgan fingerprint density at radius 3 is 2.56 bits per heavy atom. The van der Waals surface area contributed by atoms with E-state index in [0.29, 0.717) is 11.5 Å². The predicted molar refractivity (Wildman–Crippen MR) is 77.1 cm³/mol. The summed E-state index contributed by atoms with van der Waals surface area (Å²) in [6.07, 6.45) is 0.975. The van der Waals surface area contributed by atoms with Gasteiger partial charge in [-0.1, -0.05) is 13.8 Å². The summed E-state index contributed by atoms with van der Waals surface area (Å²) >= 11 is 3.38. The highest BCUT2D eigenvalue weighted by Gasteiger charge is 2.12. The van der Waals surface area contributed by atoms with E-state index in [1.165, 1.54) is 0 Å². The summed E-state index contributed by atoms with van der Waals surface area (Å²) in [5.74, 6) is 1.25. The molecule has 1 amide bonds. The Balaban J connectivity index is 2.70. The van der Waals surface area contributed by atoms with Crippen molar-refractivity contribution in [1.29, 1.82) is 0 Å². The average molecular weight is 314 g/mol. The molecular weight excluding hydrogens is 294 g/mol. The number of carbonyl (C=O) groups is 1. The number of hydrogen-bond donors (Lipinski definition) is 1. The third-order valence-electron chi connectivity index (χ3n) is 2.62. The second-order valence-corrected chi connectivity index (χ2v) is 5.71. The van der Waals surface area contributed by atoms with Crippen LogP contribution in [0, 0.1) is 5.92 Å². The molecule has 0 radical (unpaired) electrons. The number of benzene rings is 1. The topological polar surface area (TPSA) is 38.3 Å². The smallest absolute Gasteiger partial charge is 0.251 e. The third-order valence-corrected chi connectivity index (χ3v) is 3.24. The Labute approximate surface area is 117 Å². The molecule has 1 N–H and O–H groups in total. The van der Waals surface area contributed by atoms with Crippen LogP contribution in [0.15, 0.2) is 22.7 Å². The molecule has 1 aromatic rings. The van der Waals surface area contributed by atoms with Crippen molar-refractivity contribution in [3.8, 4) is 5.75 Å². The van der Waals surface area contributed by atoms with Gasteiger partial charge in [-0.15, -0.1) is 0 Å². The zero-order valence-corrected chi connectivity index (χ0v) is 12.9. The second kappa shape index (κ2) is 6.78. The fourth-order valence-electron chi connectivity index (χ4n) is 1.88. The highest BCUT2D eigenvalue weighted by Crippen LogP contribution is 2.25. The number of amides is 1. The second-order valence-electron chi connectivity index (χ2n) is 4.85. The number of rotatable bonds is 5. The molecular formula is C14H20BrNO2. The van der Waals surface area contributed by atoms with Crippen LogP contribution in [0.3, 0.4) is 0 Å². The van der Waals surface area contributed by atoms with Gasteiger partial charge in [0, 0.05) is 11.6 Å². The van der Waals surface area contributed by atoms with Crippen LogP contribution in [-0.2, 0) is 0 Å². The summed E-state index contributed by atoms with van der Waals surface area (Å²) in [5.41, 5.74) is 0.637. The van der Waals surface area contributed by atoms with Gasteiger partial charge in [0.05, 0.1) is 11.6 Å². The minimum absolute atomic E-state index is 0.0495. The SMILES string of the molecule is COc1ccc(C(=O)NC(C)CC(C)C)cc1Br. The van der Waals surface area contributed by atoms with Crippen molar-refractivity contribution in [1.82, 2.24) is 5.32 Å². The number of methoxy groups -OCH3 is 1.